The molecule has 11 N–H and O–H groups in total. The summed E-state index contributed by atoms with van der Waals surface area (Å²) in [5, 5.41) is 52.0. The number of benzene rings is 1. The standard InChI is InChI=1S/C46H70FN15O12/c47-14-6-10-33-29-61(59-57-33)31-41(65)51-17-19-72-21-23-74-25-24-73-22-20-71-18-13-39(63)50-15-5-4-12-38-45(70)55-34(11-7-16-52-46(48)49)43(68)53-28-40(64)54-36(27-42(66)67)44(69)56-35(37-30-62(38)60-58-37)26-32-8-2-1-3-9-32/h1-3,8-9,29-30,34-36,38H,4-7,10-28,31H2,(H,50,63)(H,51,65)(H,53,68)(H,54,64)(H,55,70)(H,56,69)(H,66,67)(H4,48,49,52)/t34-,35-,36-,38-/m0/s1/i47-1. The van der Waals surface area contributed by atoms with Gasteiger partial charge in [-0.15, -0.1) is 10.2 Å². The molecule has 0 aliphatic carbocycles. The first-order valence-corrected chi connectivity index (χ1v) is 24.5. The molecular formula is C46H70FN15O12. The Kier molecular flexibility index (Phi) is 27.5. The maximum atomic E-state index is 14.1. The maximum Gasteiger partial charge on any atom is 0.305 e. The number of halogens is 1. The first-order valence-electron chi connectivity index (χ1n) is 24.5. The fraction of sp³-hybridized carbons (Fsp3) is 0.609. The number of guanidine groups is 1. The predicted octanol–water partition coefficient (Wildman–Crippen LogP) is -1.89. The molecule has 27 nitrogen and oxygen atoms in total. The topological polar surface area (TPSA) is 372 Å². The Hall–Kier alpha value is -7.17. The van der Waals surface area contributed by atoms with Gasteiger partial charge in [-0.2, -0.15) is 0 Å². The van der Waals surface area contributed by atoms with Gasteiger partial charge in [0.2, 0.25) is 35.4 Å². The van der Waals surface area contributed by atoms with Gasteiger partial charge in [0.05, 0.1) is 90.4 Å². The van der Waals surface area contributed by atoms with Gasteiger partial charge in [0.25, 0.3) is 0 Å². The molecule has 4 rings (SSSR count). The van der Waals surface area contributed by atoms with E-state index < -0.39 is 73.4 Å². The van der Waals surface area contributed by atoms with Crippen LogP contribution in [-0.2, 0) is 71.9 Å². The molecule has 0 unspecified atom stereocenters. The molecule has 4 atom stereocenters. The number of aromatic nitrogens is 6. The zero-order valence-corrected chi connectivity index (χ0v) is 41.4. The number of nitrogens with zero attached hydrogens (tertiary/aromatic N) is 6. The third kappa shape index (κ3) is 24.0. The SMILES string of the molecule is N=C(N)NCCC[C@@H]1NC(=O)[C@H](CCCCNC(=O)CCOCCOCCOCCOCCNC(=O)Cn2cc(CCC[18F])nn2)n2cc(nn2)[C@H](Cc2ccccc2)NC(=O)[C@H](CC(=O)O)NC(=O)CNC1=O. The highest BCUT2D eigenvalue weighted by atomic mass is 18.2. The van der Waals surface area contributed by atoms with E-state index in [-0.39, 0.29) is 88.4 Å². The highest BCUT2D eigenvalue weighted by molar-refractivity contribution is 5.94. The Morgan fingerprint density at radius 1 is 0.730 bits per heavy atom. The molecule has 2 bridgehead atoms. The smallest absolute Gasteiger partial charge is 0.305 e. The normalized spacial score (nSPS) is 17.4. The monoisotopic (exact) mass is 1040 g/mol. The lowest BCUT2D eigenvalue weighted by atomic mass is 10.0. The average Bonchev–Trinajstić information content (AvgIpc) is 4.05. The molecule has 0 spiro atoms. The van der Waals surface area contributed by atoms with E-state index in [4.69, 9.17) is 30.1 Å². The van der Waals surface area contributed by atoms with Gasteiger partial charge in [-0.05, 0) is 56.9 Å². The molecule has 1 aromatic carbocycles. The lowest BCUT2D eigenvalue weighted by Crippen LogP contribution is -2.53. The van der Waals surface area contributed by atoms with E-state index in [1.165, 1.54) is 15.6 Å². The quantitative estimate of drug-likeness (QED) is 0.0181. The summed E-state index contributed by atoms with van der Waals surface area (Å²) in [5.41, 5.74) is 7.08. The summed E-state index contributed by atoms with van der Waals surface area (Å²) in [6, 6.07) is 4.52. The van der Waals surface area contributed by atoms with Crippen molar-refractivity contribution >= 4 is 47.4 Å². The zero-order chi connectivity index (χ0) is 53.3. The van der Waals surface area contributed by atoms with E-state index in [1.807, 2.05) is 30.3 Å². The van der Waals surface area contributed by atoms with Gasteiger partial charge >= 0.3 is 5.97 Å². The number of carbonyl (C=O) groups excluding carboxylic acids is 6. The van der Waals surface area contributed by atoms with Crippen molar-refractivity contribution in [2.75, 3.05) is 85.7 Å². The van der Waals surface area contributed by atoms with Gasteiger partial charge in [0.1, 0.15) is 30.4 Å². The lowest BCUT2D eigenvalue weighted by Gasteiger charge is -2.24. The molecule has 3 aromatic rings. The summed E-state index contributed by atoms with van der Waals surface area (Å²) in [4.78, 5) is 90.6. The summed E-state index contributed by atoms with van der Waals surface area (Å²) in [7, 11) is 0. The number of carbonyl (C=O) groups is 7. The second kappa shape index (κ2) is 34.3. The van der Waals surface area contributed by atoms with Crippen molar-refractivity contribution < 1.29 is 62.0 Å². The molecule has 3 heterocycles. The minimum Gasteiger partial charge on any atom is -0.481 e. The van der Waals surface area contributed by atoms with E-state index >= 15 is 0 Å². The number of hydrogen-bond acceptors (Lipinski definition) is 16. The van der Waals surface area contributed by atoms with E-state index in [1.54, 1.807) is 6.20 Å². The number of hydrogen-bond donors (Lipinski definition) is 10. The van der Waals surface area contributed by atoms with Crippen LogP contribution in [0.1, 0.15) is 80.4 Å². The molecule has 1 aliphatic heterocycles. The van der Waals surface area contributed by atoms with Crippen LogP contribution in [0.2, 0.25) is 0 Å². The van der Waals surface area contributed by atoms with Gasteiger partial charge in [-0.3, -0.25) is 43.4 Å². The Morgan fingerprint density at radius 3 is 2.11 bits per heavy atom. The number of nitrogens with two attached hydrogens (primary N) is 1. The van der Waals surface area contributed by atoms with Crippen molar-refractivity contribution in [1.82, 2.24) is 67.2 Å². The zero-order valence-electron chi connectivity index (χ0n) is 41.4. The van der Waals surface area contributed by atoms with Gasteiger partial charge in [-0.1, -0.05) is 40.8 Å². The number of fused-ring (bicyclic) bond motifs is 2. The molecule has 0 saturated carbocycles. The van der Waals surface area contributed by atoms with Crippen LogP contribution >= 0.6 is 0 Å². The number of carboxylic acid groups (broad SMARTS) is 1. The van der Waals surface area contributed by atoms with Crippen molar-refractivity contribution in [3.63, 3.8) is 0 Å². The minimum atomic E-state index is -1.51. The molecule has 0 radical (unpaired) electrons. The Labute approximate surface area is 427 Å². The van der Waals surface area contributed by atoms with Crippen molar-refractivity contribution in [1.29, 1.82) is 5.41 Å². The summed E-state index contributed by atoms with van der Waals surface area (Å²) < 4.78 is 37.0. The molecule has 0 fully saturated rings. The third-order valence-electron chi connectivity index (χ3n) is 11.0. The fourth-order valence-electron chi connectivity index (χ4n) is 7.27. The third-order valence-corrected chi connectivity index (χ3v) is 11.0. The number of nitrogens with one attached hydrogen (secondary N) is 8. The summed E-state index contributed by atoms with van der Waals surface area (Å²) in [6.45, 7) is 2.13. The van der Waals surface area contributed by atoms with Crippen LogP contribution in [0.15, 0.2) is 42.7 Å². The summed E-state index contributed by atoms with van der Waals surface area (Å²) >= 11 is 0. The summed E-state index contributed by atoms with van der Waals surface area (Å²) in [6.07, 6.45) is 4.91. The van der Waals surface area contributed by atoms with Crippen LogP contribution in [-0.4, -0.2) is 180 Å². The average molecular weight is 1040 g/mol. The van der Waals surface area contributed by atoms with Crippen molar-refractivity contribution in [3.8, 4) is 0 Å². The van der Waals surface area contributed by atoms with Crippen LogP contribution in [0.3, 0.4) is 0 Å². The minimum absolute atomic E-state index is 0.00685. The van der Waals surface area contributed by atoms with Crippen LogP contribution in [0.5, 0.6) is 0 Å². The van der Waals surface area contributed by atoms with Crippen LogP contribution in [0, 0.1) is 5.41 Å². The second-order valence-corrected chi connectivity index (χ2v) is 17.0. The van der Waals surface area contributed by atoms with Crippen LogP contribution in [0.4, 0.5) is 4.39 Å². The number of aliphatic carboxylic acids is 1. The molecular weight excluding hydrogens is 973 g/mol. The number of aryl methyl sites for hydroxylation is 1. The van der Waals surface area contributed by atoms with Crippen molar-refractivity contribution in [2.45, 2.75) is 94.9 Å². The first kappa shape index (κ1) is 59.4. The van der Waals surface area contributed by atoms with Crippen LogP contribution < -0.4 is 43.0 Å². The number of ether oxygens (including phenoxy) is 4. The Balaban J connectivity index is 1.19. The van der Waals surface area contributed by atoms with Crippen LogP contribution in [0.25, 0.3) is 0 Å². The number of unbranched alkanes of at least 4 members (excludes halogenated alkanes) is 1. The first-order chi connectivity index (χ1) is 35.8. The molecule has 0 saturated heterocycles. The van der Waals surface area contributed by atoms with E-state index in [0.29, 0.717) is 77.6 Å². The highest BCUT2D eigenvalue weighted by Crippen LogP contribution is 2.21. The van der Waals surface area contributed by atoms with Gasteiger partial charge in [0.15, 0.2) is 5.96 Å². The number of amides is 6. The van der Waals surface area contributed by atoms with Gasteiger partial charge in [-0.25, -0.2) is 9.36 Å². The number of rotatable bonds is 33. The van der Waals surface area contributed by atoms with E-state index in [9.17, 15) is 43.1 Å². The Bertz CT molecular complexity index is 2220. The van der Waals surface area contributed by atoms with E-state index in [2.05, 4.69) is 57.8 Å². The molecule has 1 aliphatic rings. The molecule has 74 heavy (non-hydrogen) atoms. The fourth-order valence-corrected chi connectivity index (χ4v) is 7.27. The van der Waals surface area contributed by atoms with E-state index in [0.717, 1.165) is 5.56 Å². The Morgan fingerprint density at radius 2 is 1.41 bits per heavy atom. The van der Waals surface area contributed by atoms with Gasteiger partial charge < -0.3 is 67.0 Å². The van der Waals surface area contributed by atoms with Crippen molar-refractivity contribution in [2.24, 2.45) is 5.73 Å². The van der Waals surface area contributed by atoms with Gasteiger partial charge in [0, 0.05) is 32.3 Å². The summed E-state index contributed by atoms with van der Waals surface area (Å²) in [5.74, 6) is -5.09. The van der Waals surface area contributed by atoms with Crippen molar-refractivity contribution in [3.05, 3.63) is 59.7 Å². The lowest BCUT2D eigenvalue weighted by molar-refractivity contribution is -0.141. The molecule has 408 valence electrons. The largest absolute Gasteiger partial charge is 0.481 e. The molecule has 6 amide bonds. The number of carboxylic acids is 1. The molecule has 28 heteroatoms. The predicted molar refractivity (Wildman–Crippen MR) is 260 cm³/mol. The molecule has 2 aromatic heterocycles. The number of alkyl halides is 1. The maximum absolute atomic E-state index is 14.1. The highest BCUT2D eigenvalue weighted by Gasteiger charge is 2.32. The second-order valence-electron chi connectivity index (χ2n) is 17.0.